The number of nitriles is 1. The lowest BCUT2D eigenvalue weighted by atomic mass is 9.79. The molecule has 3 aromatic rings. The van der Waals surface area contributed by atoms with E-state index in [2.05, 4.69) is 11.1 Å². The third-order valence-electron chi connectivity index (χ3n) is 6.27. The first kappa shape index (κ1) is 24.8. The van der Waals surface area contributed by atoms with Crippen LogP contribution in [0.3, 0.4) is 0 Å². The molecule has 0 fully saturated rings. The molecule has 0 aliphatic carbocycles. The van der Waals surface area contributed by atoms with Gasteiger partial charge in [0, 0.05) is 18.8 Å². The molecular formula is C28H31N3O3. The van der Waals surface area contributed by atoms with E-state index in [0.717, 1.165) is 22.3 Å². The zero-order valence-corrected chi connectivity index (χ0v) is 19.9. The fourth-order valence-corrected chi connectivity index (χ4v) is 4.25. The maximum Gasteiger partial charge on any atom is 0.407 e. The topological polar surface area (TPSA) is 97.2 Å². The van der Waals surface area contributed by atoms with Crippen molar-refractivity contribution in [3.05, 3.63) is 94.4 Å². The Balaban J connectivity index is 1.76. The smallest absolute Gasteiger partial charge is 0.407 e. The minimum Gasteiger partial charge on any atom is -0.465 e. The Morgan fingerprint density at radius 2 is 1.68 bits per heavy atom. The molecule has 0 saturated heterocycles. The van der Waals surface area contributed by atoms with Crippen molar-refractivity contribution in [1.29, 1.82) is 5.26 Å². The van der Waals surface area contributed by atoms with Crippen LogP contribution in [0.1, 0.15) is 56.7 Å². The molecule has 2 atom stereocenters. The monoisotopic (exact) mass is 457 g/mol. The van der Waals surface area contributed by atoms with Gasteiger partial charge in [-0.1, -0.05) is 54.6 Å². The number of pyridine rings is 1. The Hall–Kier alpha value is -3.85. The second-order valence-electron chi connectivity index (χ2n) is 9.31. The van der Waals surface area contributed by atoms with E-state index in [4.69, 9.17) is 0 Å². The third-order valence-corrected chi connectivity index (χ3v) is 6.27. The van der Waals surface area contributed by atoms with Gasteiger partial charge in [0.1, 0.15) is 0 Å². The van der Waals surface area contributed by atoms with E-state index in [1.807, 2.05) is 75.4 Å². The van der Waals surface area contributed by atoms with Crippen molar-refractivity contribution in [2.75, 3.05) is 6.54 Å². The summed E-state index contributed by atoms with van der Waals surface area (Å²) in [6, 6.07) is 23.0. The number of hydrogen-bond acceptors (Lipinski definition) is 3. The predicted octanol–water partition coefficient (Wildman–Crippen LogP) is 6.20. The molecule has 0 radical (unpaired) electrons. The highest BCUT2D eigenvalue weighted by atomic mass is 16.4. The first-order chi connectivity index (χ1) is 16.2. The normalized spacial score (nSPS) is 13.0. The SMILES string of the molecule is C[C@@H](c1ccc(-c2ccc(=O)[nH]c2)cc1)N(CC[C@H](CC(C)(C)C#N)c1ccccc1)C(=O)O. The van der Waals surface area contributed by atoms with E-state index in [-0.39, 0.29) is 17.5 Å². The average Bonchev–Trinajstić information content (AvgIpc) is 2.84. The van der Waals surface area contributed by atoms with Gasteiger partial charge >= 0.3 is 6.09 Å². The zero-order chi connectivity index (χ0) is 24.7. The summed E-state index contributed by atoms with van der Waals surface area (Å²) in [5.41, 5.74) is 3.19. The molecule has 1 heterocycles. The number of benzene rings is 2. The van der Waals surface area contributed by atoms with Crippen LogP contribution in [0.4, 0.5) is 4.79 Å². The Labute approximate surface area is 200 Å². The second kappa shape index (κ2) is 10.8. The van der Waals surface area contributed by atoms with Gasteiger partial charge in [-0.15, -0.1) is 0 Å². The highest BCUT2D eigenvalue weighted by Gasteiger charge is 2.27. The summed E-state index contributed by atoms with van der Waals surface area (Å²) in [5.74, 6) is 0.0764. The fourth-order valence-electron chi connectivity index (χ4n) is 4.25. The largest absolute Gasteiger partial charge is 0.465 e. The van der Waals surface area contributed by atoms with E-state index >= 15 is 0 Å². The molecule has 34 heavy (non-hydrogen) atoms. The molecule has 0 aliphatic heterocycles. The molecule has 1 aromatic heterocycles. The van der Waals surface area contributed by atoms with Crippen molar-refractivity contribution in [2.45, 2.75) is 45.6 Å². The van der Waals surface area contributed by atoms with Crippen molar-refractivity contribution >= 4 is 6.09 Å². The fraction of sp³-hybridized carbons (Fsp3) is 0.321. The molecule has 0 bridgehead atoms. The molecule has 3 rings (SSSR count). The minimum atomic E-state index is -0.969. The van der Waals surface area contributed by atoms with E-state index in [1.165, 1.54) is 11.0 Å². The summed E-state index contributed by atoms with van der Waals surface area (Å²) < 4.78 is 0. The second-order valence-corrected chi connectivity index (χ2v) is 9.31. The van der Waals surface area contributed by atoms with Crippen LogP contribution in [0.15, 0.2) is 77.7 Å². The Bertz CT molecular complexity index is 1170. The molecule has 2 N–H and O–H groups in total. The molecule has 6 nitrogen and oxygen atoms in total. The molecule has 0 saturated carbocycles. The van der Waals surface area contributed by atoms with Crippen LogP contribution in [-0.2, 0) is 0 Å². The summed E-state index contributed by atoms with van der Waals surface area (Å²) in [6.45, 7) is 6.09. The van der Waals surface area contributed by atoms with Crippen molar-refractivity contribution in [2.24, 2.45) is 5.41 Å². The summed E-state index contributed by atoms with van der Waals surface area (Å²) in [5, 5.41) is 19.5. The first-order valence-electron chi connectivity index (χ1n) is 11.4. The van der Waals surface area contributed by atoms with Gasteiger partial charge in [-0.2, -0.15) is 5.26 Å². The highest BCUT2D eigenvalue weighted by molar-refractivity contribution is 5.66. The van der Waals surface area contributed by atoms with Crippen LogP contribution < -0.4 is 5.56 Å². The van der Waals surface area contributed by atoms with Crippen LogP contribution in [0, 0.1) is 16.7 Å². The molecular weight excluding hydrogens is 426 g/mol. The van der Waals surface area contributed by atoms with Gasteiger partial charge in [0.25, 0.3) is 0 Å². The first-order valence-corrected chi connectivity index (χ1v) is 11.4. The molecule has 176 valence electrons. The van der Waals surface area contributed by atoms with Crippen molar-refractivity contribution in [1.82, 2.24) is 9.88 Å². The van der Waals surface area contributed by atoms with Gasteiger partial charge in [-0.25, -0.2) is 4.79 Å². The number of nitrogens with one attached hydrogen (secondary N) is 1. The van der Waals surface area contributed by atoms with E-state index in [0.29, 0.717) is 19.4 Å². The lowest BCUT2D eigenvalue weighted by Gasteiger charge is -2.30. The molecule has 2 aromatic carbocycles. The zero-order valence-electron chi connectivity index (χ0n) is 19.9. The summed E-state index contributed by atoms with van der Waals surface area (Å²) >= 11 is 0. The lowest BCUT2D eigenvalue weighted by Crippen LogP contribution is -2.34. The number of carboxylic acid groups (broad SMARTS) is 1. The molecule has 0 spiro atoms. The minimum absolute atomic E-state index is 0.0764. The predicted molar refractivity (Wildman–Crippen MR) is 133 cm³/mol. The quantitative estimate of drug-likeness (QED) is 0.400. The van der Waals surface area contributed by atoms with Gasteiger partial charge in [0.05, 0.1) is 17.5 Å². The summed E-state index contributed by atoms with van der Waals surface area (Å²) in [7, 11) is 0. The van der Waals surface area contributed by atoms with Crippen LogP contribution in [0.5, 0.6) is 0 Å². The Kier molecular flexibility index (Phi) is 7.91. The Morgan fingerprint density at radius 3 is 2.24 bits per heavy atom. The lowest BCUT2D eigenvalue weighted by molar-refractivity contribution is 0.125. The number of amides is 1. The summed E-state index contributed by atoms with van der Waals surface area (Å²) in [4.78, 5) is 27.6. The number of aromatic nitrogens is 1. The maximum atomic E-state index is 12.2. The summed E-state index contributed by atoms with van der Waals surface area (Å²) in [6.07, 6.45) is 1.98. The van der Waals surface area contributed by atoms with Crippen molar-refractivity contribution < 1.29 is 9.90 Å². The molecule has 1 amide bonds. The highest BCUT2D eigenvalue weighted by Crippen LogP contribution is 2.34. The van der Waals surface area contributed by atoms with Gasteiger partial charge < -0.3 is 15.0 Å². The Morgan fingerprint density at radius 1 is 1.03 bits per heavy atom. The molecule has 6 heteroatoms. The number of nitrogens with zero attached hydrogens (tertiary/aromatic N) is 2. The maximum absolute atomic E-state index is 12.2. The van der Waals surface area contributed by atoms with E-state index in [9.17, 15) is 20.0 Å². The average molecular weight is 458 g/mol. The van der Waals surface area contributed by atoms with Crippen LogP contribution in [0.2, 0.25) is 0 Å². The number of carbonyl (C=O) groups is 1. The number of hydrogen-bond donors (Lipinski definition) is 2. The van der Waals surface area contributed by atoms with Crippen molar-refractivity contribution in [3.8, 4) is 17.2 Å². The van der Waals surface area contributed by atoms with E-state index < -0.39 is 11.5 Å². The third kappa shape index (κ3) is 6.35. The van der Waals surface area contributed by atoms with Gasteiger partial charge in [0.15, 0.2) is 0 Å². The van der Waals surface area contributed by atoms with Crippen molar-refractivity contribution in [3.63, 3.8) is 0 Å². The van der Waals surface area contributed by atoms with Crippen LogP contribution in [0.25, 0.3) is 11.1 Å². The van der Waals surface area contributed by atoms with Crippen LogP contribution in [-0.4, -0.2) is 27.6 Å². The van der Waals surface area contributed by atoms with Crippen LogP contribution >= 0.6 is 0 Å². The molecule has 0 unspecified atom stereocenters. The molecule has 0 aliphatic rings. The van der Waals surface area contributed by atoms with Gasteiger partial charge in [-0.3, -0.25) is 4.79 Å². The number of aromatic amines is 1. The number of H-pyrrole nitrogens is 1. The number of rotatable bonds is 9. The van der Waals surface area contributed by atoms with Gasteiger partial charge in [0.2, 0.25) is 5.56 Å². The van der Waals surface area contributed by atoms with Gasteiger partial charge in [-0.05, 0) is 67.9 Å². The van der Waals surface area contributed by atoms with E-state index in [1.54, 1.807) is 12.3 Å². The standard InChI is InChI=1S/C28H31N3O3/c1-20(21-9-11-23(12-10-21)25-13-14-26(32)30-18-25)31(27(33)34)16-15-24(17-28(2,3)19-29)22-7-5-4-6-8-22/h4-14,18,20,24H,15-17H2,1-3H3,(H,30,32)(H,33,34)/t20-,24+/m0/s1.